The van der Waals surface area contributed by atoms with Gasteiger partial charge in [-0.05, 0) is 71.3 Å². The maximum absolute atomic E-state index is 6.50. The number of para-hydroxylation sites is 1. The molecule has 7 nitrogen and oxygen atoms in total. The van der Waals surface area contributed by atoms with Crippen molar-refractivity contribution in [1.82, 2.24) is 14.5 Å². The molecule has 10 bridgehead atoms. The van der Waals surface area contributed by atoms with E-state index in [0.29, 0.717) is 39.6 Å². The lowest BCUT2D eigenvalue weighted by Crippen LogP contribution is -2.23. The fraction of sp³-hybridized carbons (Fsp3) is 0.140. The van der Waals surface area contributed by atoms with Crippen molar-refractivity contribution in [1.29, 1.82) is 0 Å². The molecule has 0 fully saturated rings. The highest BCUT2D eigenvalue weighted by atomic mass is 16.5. The first-order valence-electron chi connectivity index (χ1n) is 19.7. The van der Waals surface area contributed by atoms with Crippen LogP contribution in [0.5, 0.6) is 5.75 Å². The molecule has 10 rings (SSSR count). The Morgan fingerprint density at radius 2 is 1.11 bits per heavy atom. The highest BCUT2D eigenvalue weighted by Crippen LogP contribution is 2.40. The van der Waals surface area contributed by atoms with E-state index in [2.05, 4.69) is 172 Å². The summed E-state index contributed by atoms with van der Waals surface area (Å²) in [5.41, 5.74) is 13.6. The zero-order chi connectivity index (χ0) is 38.0. The van der Waals surface area contributed by atoms with Crippen LogP contribution >= 0.6 is 0 Å². The van der Waals surface area contributed by atoms with Gasteiger partial charge in [-0.2, -0.15) is 0 Å². The van der Waals surface area contributed by atoms with Crippen LogP contribution in [0, 0.1) is 0 Å². The van der Waals surface area contributed by atoms with E-state index < -0.39 is 0 Å². The first kappa shape index (κ1) is 34.8. The average Bonchev–Trinajstić information content (AvgIpc) is 4.10. The first-order valence-corrected chi connectivity index (χ1v) is 19.7. The Labute approximate surface area is 331 Å². The zero-order valence-electron chi connectivity index (χ0n) is 31.5. The van der Waals surface area contributed by atoms with Crippen molar-refractivity contribution in [3.8, 4) is 5.75 Å². The minimum absolute atomic E-state index is 0.258. The summed E-state index contributed by atoms with van der Waals surface area (Å²) in [6.07, 6.45) is 4.35. The van der Waals surface area contributed by atoms with Gasteiger partial charge in [-0.1, -0.05) is 109 Å². The van der Waals surface area contributed by atoms with Crippen molar-refractivity contribution in [2.45, 2.75) is 12.5 Å². The number of H-pyrrole nitrogens is 2. The summed E-state index contributed by atoms with van der Waals surface area (Å²) < 4.78 is 21.1. The van der Waals surface area contributed by atoms with Crippen molar-refractivity contribution in [2.24, 2.45) is 4.99 Å². The second-order valence-corrected chi connectivity index (χ2v) is 14.4. The maximum Gasteiger partial charge on any atom is 0.123 e. The van der Waals surface area contributed by atoms with Crippen molar-refractivity contribution >= 4 is 22.4 Å². The molecule has 1 atom stereocenters. The average molecular weight is 747 g/mol. The number of hydrogen-bond donors (Lipinski definition) is 2. The molecule has 3 aliphatic heterocycles. The fourth-order valence-corrected chi connectivity index (χ4v) is 8.42. The highest BCUT2D eigenvalue weighted by molar-refractivity contribution is 6.07. The van der Waals surface area contributed by atoms with Crippen LogP contribution in [0.2, 0.25) is 0 Å². The van der Waals surface area contributed by atoms with Gasteiger partial charge in [-0.3, -0.25) is 4.99 Å². The number of nitrogens with zero attached hydrogens (tertiary/aromatic N) is 2. The maximum atomic E-state index is 6.50. The minimum Gasteiger partial charge on any atom is -0.491 e. The standard InChI is InChI=1S/C50H42N4O3/c1-4-12-34(13-5-1)47-38-20-21-39(51-38)48(35-14-6-2-7-15-35)41-23-25-43(53-41)50-37-18-10-11-19-46(37)57-33-32-56-31-30-55-29-28-54-44(26-27-45(50)54)49(36-16-8-3-9-17-36)42-24-22-40(47)52-42/h1-27,50-52H,28-33H2/b47-40-,48-41?,49-42+. The van der Waals surface area contributed by atoms with Crippen LogP contribution in [0.3, 0.4) is 0 Å². The number of allylic oxidation sites excluding steroid dienone is 2. The molecule has 0 amide bonds. The zero-order valence-corrected chi connectivity index (χ0v) is 31.5. The van der Waals surface area contributed by atoms with Gasteiger partial charge in [0.1, 0.15) is 12.4 Å². The molecule has 6 heterocycles. The Morgan fingerprint density at radius 3 is 1.84 bits per heavy atom. The van der Waals surface area contributed by atoms with Crippen LogP contribution in [0.15, 0.2) is 175 Å². The summed E-state index contributed by atoms with van der Waals surface area (Å²) in [7, 11) is 0. The van der Waals surface area contributed by atoms with E-state index >= 15 is 0 Å². The molecule has 4 aromatic carbocycles. The molecule has 3 aromatic heterocycles. The van der Waals surface area contributed by atoms with Gasteiger partial charge < -0.3 is 28.7 Å². The molecule has 0 saturated carbocycles. The van der Waals surface area contributed by atoms with Crippen molar-refractivity contribution in [2.75, 3.05) is 33.0 Å². The van der Waals surface area contributed by atoms with Crippen LogP contribution in [-0.4, -0.2) is 53.3 Å². The molecular weight excluding hydrogens is 705 g/mol. The van der Waals surface area contributed by atoms with Gasteiger partial charge in [0.15, 0.2) is 0 Å². The Hall–Kier alpha value is -6.67. The summed E-state index contributed by atoms with van der Waals surface area (Å²) in [6.45, 7) is 3.07. The smallest absolute Gasteiger partial charge is 0.123 e. The topological polar surface area (TPSA) is 76.6 Å². The van der Waals surface area contributed by atoms with Gasteiger partial charge in [-0.15, -0.1) is 0 Å². The van der Waals surface area contributed by atoms with E-state index in [9.17, 15) is 0 Å². The van der Waals surface area contributed by atoms with Gasteiger partial charge in [0, 0.05) is 56.6 Å². The molecule has 3 aliphatic rings. The summed E-state index contributed by atoms with van der Waals surface area (Å²) in [4.78, 5) is 13.3. The first-order chi connectivity index (χ1) is 28.3. The van der Waals surface area contributed by atoms with Crippen molar-refractivity contribution in [3.63, 3.8) is 0 Å². The van der Waals surface area contributed by atoms with Gasteiger partial charge in [0.05, 0.1) is 49.4 Å². The SMILES string of the molecule is C1=CC2=C(c3ccccc3)c3ccc([nH]3)/C(c3ccccc3)=c3/cc/c([nH]3)=C(/c3ccccc3)c3ccc4n3CCOCCOCCOc3ccccc3C4C1=N2. The number of aliphatic imine (C=N–C) groups is 1. The summed E-state index contributed by atoms with van der Waals surface area (Å²) in [6, 6.07) is 53.5. The molecule has 7 heteroatoms. The number of ether oxygens (including phenoxy) is 3. The monoisotopic (exact) mass is 746 g/mol. The van der Waals surface area contributed by atoms with E-state index in [4.69, 9.17) is 19.2 Å². The van der Waals surface area contributed by atoms with Crippen LogP contribution in [-0.2, 0) is 16.0 Å². The molecular formula is C50H42N4O3. The van der Waals surface area contributed by atoms with Crippen LogP contribution < -0.4 is 15.4 Å². The van der Waals surface area contributed by atoms with Gasteiger partial charge in [-0.25, -0.2) is 0 Å². The molecule has 2 N–H and O–H groups in total. The van der Waals surface area contributed by atoms with E-state index in [-0.39, 0.29) is 5.92 Å². The number of rotatable bonds is 3. The van der Waals surface area contributed by atoms with Crippen LogP contribution in [0.4, 0.5) is 0 Å². The molecule has 1 unspecified atom stereocenters. The van der Waals surface area contributed by atoms with Gasteiger partial charge in [0.2, 0.25) is 0 Å². The number of fused-ring (bicyclic) bond motifs is 8. The normalized spacial score (nSPS) is 19.0. The lowest BCUT2D eigenvalue weighted by atomic mass is 9.90. The van der Waals surface area contributed by atoms with Crippen LogP contribution in [0.25, 0.3) is 16.7 Å². The second kappa shape index (κ2) is 15.5. The summed E-state index contributed by atoms with van der Waals surface area (Å²) in [5.74, 6) is 0.560. The predicted molar refractivity (Wildman–Crippen MR) is 226 cm³/mol. The molecule has 7 aromatic rings. The number of nitrogens with one attached hydrogen (secondary N) is 2. The van der Waals surface area contributed by atoms with Crippen molar-refractivity contribution < 1.29 is 14.2 Å². The third-order valence-corrected chi connectivity index (χ3v) is 11.0. The fourth-order valence-electron chi connectivity index (χ4n) is 8.42. The number of aromatic amines is 2. The Kier molecular flexibility index (Phi) is 9.44. The van der Waals surface area contributed by atoms with E-state index in [0.717, 1.165) is 89.6 Å². The number of benzene rings is 4. The van der Waals surface area contributed by atoms with E-state index in [1.807, 2.05) is 6.07 Å². The summed E-state index contributed by atoms with van der Waals surface area (Å²) in [5, 5.41) is 2.03. The molecule has 280 valence electrons. The van der Waals surface area contributed by atoms with Gasteiger partial charge >= 0.3 is 0 Å². The molecule has 0 radical (unpaired) electrons. The number of aromatic nitrogens is 3. The highest BCUT2D eigenvalue weighted by Gasteiger charge is 2.30. The predicted octanol–water partition coefficient (Wildman–Crippen LogP) is 7.98. The Morgan fingerprint density at radius 1 is 0.509 bits per heavy atom. The molecule has 0 spiro atoms. The largest absolute Gasteiger partial charge is 0.491 e. The second-order valence-electron chi connectivity index (χ2n) is 14.4. The van der Waals surface area contributed by atoms with Gasteiger partial charge in [0.25, 0.3) is 0 Å². The van der Waals surface area contributed by atoms with Crippen LogP contribution in [0.1, 0.15) is 50.9 Å². The number of hydrogen-bond acceptors (Lipinski definition) is 4. The summed E-state index contributed by atoms with van der Waals surface area (Å²) >= 11 is 0. The molecule has 0 saturated heterocycles. The van der Waals surface area contributed by atoms with Crippen molar-refractivity contribution in [3.05, 3.63) is 225 Å². The third-order valence-electron chi connectivity index (χ3n) is 11.0. The lowest BCUT2D eigenvalue weighted by Gasteiger charge is -2.24. The molecule has 57 heavy (non-hydrogen) atoms. The quantitative estimate of drug-likeness (QED) is 0.193. The molecule has 0 aliphatic carbocycles. The Balaban J connectivity index is 1.33. The lowest BCUT2D eigenvalue weighted by molar-refractivity contribution is 0.0335. The third kappa shape index (κ3) is 6.71. The minimum atomic E-state index is -0.258. The van der Waals surface area contributed by atoms with E-state index in [1.165, 1.54) is 0 Å². The Bertz CT molecular complexity index is 2770. The van der Waals surface area contributed by atoms with E-state index in [1.54, 1.807) is 0 Å².